The number of aliphatic hydroxyl groups is 1. The summed E-state index contributed by atoms with van der Waals surface area (Å²) in [5, 5.41) is 10.6. The number of hydrogen-bond donors (Lipinski definition) is 1. The number of fused-ring (bicyclic) bond motifs is 1. The van der Waals surface area contributed by atoms with Gasteiger partial charge in [0.2, 0.25) is 0 Å². The van der Waals surface area contributed by atoms with Gasteiger partial charge in [0.15, 0.2) is 0 Å². The van der Waals surface area contributed by atoms with E-state index in [9.17, 15) is 9.50 Å². The average molecular weight is 254 g/mol. The van der Waals surface area contributed by atoms with Crippen molar-refractivity contribution in [3.8, 4) is 0 Å². The standard InChI is InChI=1S/C13H15FO2S/c1-17-6-2-3-11(15)13-8-9-7-10(14)4-5-12(9)16-13/h4-5,7-8,11,15H,2-3,6H2,1H3. The fraction of sp³-hybridized carbons (Fsp3) is 0.385. The van der Waals surface area contributed by atoms with Crippen LogP contribution in [0.3, 0.4) is 0 Å². The first kappa shape index (κ1) is 12.5. The molecule has 1 aromatic carbocycles. The zero-order chi connectivity index (χ0) is 12.3. The maximum Gasteiger partial charge on any atom is 0.134 e. The molecule has 1 unspecified atom stereocenters. The highest BCUT2D eigenvalue weighted by Gasteiger charge is 2.13. The van der Waals surface area contributed by atoms with Gasteiger partial charge in [0.05, 0.1) is 0 Å². The van der Waals surface area contributed by atoms with E-state index in [4.69, 9.17) is 4.42 Å². The molecule has 2 rings (SSSR count). The molecule has 4 heteroatoms. The van der Waals surface area contributed by atoms with Crippen molar-refractivity contribution in [2.45, 2.75) is 18.9 Å². The Labute approximate surface area is 104 Å². The number of hydrogen-bond acceptors (Lipinski definition) is 3. The third kappa shape index (κ3) is 3.01. The van der Waals surface area contributed by atoms with Gasteiger partial charge in [-0.3, -0.25) is 0 Å². The van der Waals surface area contributed by atoms with Crippen molar-refractivity contribution in [1.82, 2.24) is 0 Å². The molecule has 0 saturated carbocycles. The van der Waals surface area contributed by atoms with Crippen LogP contribution in [0.25, 0.3) is 11.0 Å². The average Bonchev–Trinajstić information content (AvgIpc) is 2.72. The van der Waals surface area contributed by atoms with Crippen LogP contribution in [0.5, 0.6) is 0 Å². The molecular weight excluding hydrogens is 239 g/mol. The molecule has 0 amide bonds. The van der Waals surface area contributed by atoms with Crippen LogP contribution in [-0.4, -0.2) is 17.1 Å². The Morgan fingerprint density at radius 3 is 3.00 bits per heavy atom. The molecule has 1 N–H and O–H groups in total. The first-order chi connectivity index (χ1) is 8.20. The second kappa shape index (κ2) is 5.56. The van der Waals surface area contributed by atoms with E-state index in [1.807, 2.05) is 6.26 Å². The summed E-state index contributed by atoms with van der Waals surface area (Å²) in [6.07, 6.45) is 3.05. The fourth-order valence-corrected chi connectivity index (χ4v) is 2.22. The van der Waals surface area contributed by atoms with E-state index >= 15 is 0 Å². The molecule has 0 aliphatic rings. The summed E-state index contributed by atoms with van der Waals surface area (Å²) >= 11 is 1.75. The molecule has 1 atom stereocenters. The third-order valence-electron chi connectivity index (χ3n) is 2.65. The molecule has 0 fully saturated rings. The highest BCUT2D eigenvalue weighted by atomic mass is 32.2. The molecule has 0 spiro atoms. The number of halogens is 1. The van der Waals surface area contributed by atoms with Gasteiger partial charge in [0, 0.05) is 5.39 Å². The number of rotatable bonds is 5. The maximum atomic E-state index is 13.0. The summed E-state index contributed by atoms with van der Waals surface area (Å²) < 4.78 is 18.5. The molecule has 0 radical (unpaired) electrons. The van der Waals surface area contributed by atoms with Gasteiger partial charge in [0.1, 0.15) is 23.3 Å². The monoisotopic (exact) mass is 254 g/mol. The van der Waals surface area contributed by atoms with Crippen molar-refractivity contribution >= 4 is 22.7 Å². The molecular formula is C13H15FO2S. The van der Waals surface area contributed by atoms with E-state index in [2.05, 4.69) is 0 Å². The van der Waals surface area contributed by atoms with E-state index in [0.717, 1.165) is 12.2 Å². The molecule has 2 aromatic rings. The van der Waals surface area contributed by atoms with Gasteiger partial charge in [-0.1, -0.05) is 0 Å². The summed E-state index contributed by atoms with van der Waals surface area (Å²) in [7, 11) is 0. The van der Waals surface area contributed by atoms with Crippen LogP contribution in [0.15, 0.2) is 28.7 Å². The third-order valence-corrected chi connectivity index (χ3v) is 3.35. The van der Waals surface area contributed by atoms with Crippen molar-refractivity contribution in [3.05, 3.63) is 35.8 Å². The lowest BCUT2D eigenvalue weighted by Crippen LogP contribution is -1.95. The lowest BCUT2D eigenvalue weighted by molar-refractivity contribution is 0.142. The first-order valence-corrected chi connectivity index (χ1v) is 6.96. The molecule has 1 heterocycles. The van der Waals surface area contributed by atoms with Gasteiger partial charge in [-0.25, -0.2) is 4.39 Å². The number of furan rings is 1. The Balaban J connectivity index is 2.12. The highest BCUT2D eigenvalue weighted by molar-refractivity contribution is 7.98. The molecule has 92 valence electrons. The summed E-state index contributed by atoms with van der Waals surface area (Å²) in [5.41, 5.74) is 0.616. The van der Waals surface area contributed by atoms with Crippen molar-refractivity contribution in [2.75, 3.05) is 12.0 Å². The fourth-order valence-electron chi connectivity index (χ4n) is 1.76. The Kier molecular flexibility index (Phi) is 4.07. The van der Waals surface area contributed by atoms with Crippen molar-refractivity contribution in [1.29, 1.82) is 0 Å². The van der Waals surface area contributed by atoms with Crippen LogP contribution in [-0.2, 0) is 0 Å². The number of thioether (sulfide) groups is 1. The second-order valence-electron chi connectivity index (χ2n) is 3.98. The largest absolute Gasteiger partial charge is 0.458 e. The van der Waals surface area contributed by atoms with Crippen LogP contribution < -0.4 is 0 Å². The zero-order valence-corrected chi connectivity index (χ0v) is 10.5. The van der Waals surface area contributed by atoms with E-state index < -0.39 is 6.10 Å². The van der Waals surface area contributed by atoms with E-state index in [1.165, 1.54) is 12.1 Å². The SMILES string of the molecule is CSCCCC(O)c1cc2cc(F)ccc2o1. The van der Waals surface area contributed by atoms with Gasteiger partial charge in [-0.2, -0.15) is 11.8 Å². The van der Waals surface area contributed by atoms with Gasteiger partial charge < -0.3 is 9.52 Å². The lowest BCUT2D eigenvalue weighted by Gasteiger charge is -2.05. The Morgan fingerprint density at radius 1 is 1.41 bits per heavy atom. The maximum absolute atomic E-state index is 13.0. The predicted octanol–water partition coefficient (Wildman–Crippen LogP) is 3.75. The molecule has 0 bridgehead atoms. The Morgan fingerprint density at radius 2 is 2.24 bits per heavy atom. The van der Waals surface area contributed by atoms with Gasteiger partial charge in [-0.05, 0) is 49.1 Å². The second-order valence-corrected chi connectivity index (χ2v) is 4.97. The lowest BCUT2D eigenvalue weighted by atomic mass is 10.1. The minimum Gasteiger partial charge on any atom is -0.458 e. The van der Waals surface area contributed by atoms with Gasteiger partial charge >= 0.3 is 0 Å². The summed E-state index contributed by atoms with van der Waals surface area (Å²) in [6.45, 7) is 0. The van der Waals surface area contributed by atoms with Crippen molar-refractivity contribution < 1.29 is 13.9 Å². The summed E-state index contributed by atoms with van der Waals surface area (Å²) in [6, 6.07) is 6.07. The normalized spacial score (nSPS) is 13.1. The highest BCUT2D eigenvalue weighted by Crippen LogP contribution is 2.27. The Hall–Kier alpha value is -1.00. The molecule has 17 heavy (non-hydrogen) atoms. The van der Waals surface area contributed by atoms with Crippen molar-refractivity contribution in [3.63, 3.8) is 0 Å². The zero-order valence-electron chi connectivity index (χ0n) is 9.65. The predicted molar refractivity (Wildman–Crippen MR) is 68.7 cm³/mol. The topological polar surface area (TPSA) is 33.4 Å². The molecule has 1 aromatic heterocycles. The van der Waals surface area contributed by atoms with Crippen LogP contribution in [0.1, 0.15) is 24.7 Å². The van der Waals surface area contributed by atoms with Crippen LogP contribution >= 0.6 is 11.8 Å². The van der Waals surface area contributed by atoms with E-state index in [0.29, 0.717) is 23.2 Å². The number of benzene rings is 1. The first-order valence-electron chi connectivity index (χ1n) is 5.56. The van der Waals surface area contributed by atoms with Crippen LogP contribution in [0.2, 0.25) is 0 Å². The molecule has 0 saturated heterocycles. The minimum absolute atomic E-state index is 0.290. The van der Waals surface area contributed by atoms with Gasteiger partial charge in [-0.15, -0.1) is 0 Å². The molecule has 0 aliphatic heterocycles. The Bertz CT molecular complexity index is 495. The quantitative estimate of drug-likeness (QED) is 0.825. The van der Waals surface area contributed by atoms with Crippen LogP contribution in [0.4, 0.5) is 4.39 Å². The van der Waals surface area contributed by atoms with Crippen molar-refractivity contribution in [2.24, 2.45) is 0 Å². The van der Waals surface area contributed by atoms with Crippen LogP contribution in [0, 0.1) is 5.82 Å². The smallest absolute Gasteiger partial charge is 0.134 e. The molecule has 2 nitrogen and oxygen atoms in total. The number of aliphatic hydroxyl groups excluding tert-OH is 1. The van der Waals surface area contributed by atoms with E-state index in [-0.39, 0.29) is 5.82 Å². The summed E-state index contributed by atoms with van der Waals surface area (Å²) in [4.78, 5) is 0. The van der Waals surface area contributed by atoms with Gasteiger partial charge in [0.25, 0.3) is 0 Å². The molecule has 0 aliphatic carbocycles. The summed E-state index contributed by atoms with van der Waals surface area (Å²) in [5.74, 6) is 1.25. The van der Waals surface area contributed by atoms with E-state index in [1.54, 1.807) is 23.9 Å². The minimum atomic E-state index is -0.599.